The molecule has 0 spiro atoms. The largest absolute Gasteiger partial charge is 0.337 e. The van der Waals surface area contributed by atoms with Crippen LogP contribution in [-0.2, 0) is 4.79 Å². The Morgan fingerprint density at radius 1 is 1.61 bits per heavy atom. The van der Waals surface area contributed by atoms with Gasteiger partial charge in [-0.05, 0) is 40.9 Å². The molecule has 2 heterocycles. The molecule has 1 aromatic rings. The number of amides is 1. The summed E-state index contributed by atoms with van der Waals surface area (Å²) in [6.07, 6.45) is 1.31. The van der Waals surface area contributed by atoms with Gasteiger partial charge in [0.15, 0.2) is 0 Å². The van der Waals surface area contributed by atoms with Crippen LogP contribution in [0, 0.1) is 12.8 Å². The molecule has 1 fully saturated rings. The summed E-state index contributed by atoms with van der Waals surface area (Å²) in [5, 5.41) is 0. The quantitative estimate of drug-likeness (QED) is 0.835. The first-order chi connectivity index (χ1) is 8.52. The van der Waals surface area contributed by atoms with Crippen molar-refractivity contribution in [3.63, 3.8) is 0 Å². The number of piperidine rings is 1. The van der Waals surface area contributed by atoms with Gasteiger partial charge in [-0.15, -0.1) is 11.3 Å². The molecule has 2 rings (SSSR count). The van der Waals surface area contributed by atoms with Gasteiger partial charge in [0.05, 0.1) is 8.66 Å². The Morgan fingerprint density at radius 2 is 2.33 bits per heavy atom. The summed E-state index contributed by atoms with van der Waals surface area (Å²) in [5.74, 6) is 0.372. The molecule has 0 aliphatic carbocycles. The van der Waals surface area contributed by atoms with E-state index in [1.165, 1.54) is 11.3 Å². The maximum atomic E-state index is 12.3. The average molecular weight is 330 g/mol. The minimum atomic E-state index is 0.0206. The van der Waals surface area contributed by atoms with Gasteiger partial charge < -0.3 is 4.90 Å². The Kier molecular flexibility index (Phi) is 4.22. The van der Waals surface area contributed by atoms with Crippen LogP contribution in [0.4, 0.5) is 0 Å². The molecule has 0 bridgehead atoms. The van der Waals surface area contributed by atoms with Crippen molar-refractivity contribution in [1.29, 1.82) is 0 Å². The number of aryl methyl sites for hydroxylation is 1. The molecular formula is C13H16BrNO2S. The van der Waals surface area contributed by atoms with Crippen molar-refractivity contribution in [2.45, 2.75) is 26.7 Å². The van der Waals surface area contributed by atoms with Crippen LogP contribution in [0.1, 0.15) is 35.0 Å². The molecule has 98 valence electrons. The minimum Gasteiger partial charge on any atom is -0.337 e. The molecule has 1 atom stereocenters. The predicted octanol–water partition coefficient (Wildman–Crippen LogP) is 3.26. The Balaban J connectivity index is 2.12. The van der Waals surface area contributed by atoms with Gasteiger partial charge in [-0.3, -0.25) is 9.59 Å². The maximum absolute atomic E-state index is 12.3. The molecular weight excluding hydrogens is 314 g/mol. The lowest BCUT2D eigenvalue weighted by molar-refractivity contribution is -0.125. The average Bonchev–Trinajstić information content (AvgIpc) is 2.69. The number of thiophene rings is 1. The molecule has 1 aliphatic rings. The lowest BCUT2D eigenvalue weighted by Crippen LogP contribution is -2.43. The van der Waals surface area contributed by atoms with E-state index in [-0.39, 0.29) is 11.8 Å². The van der Waals surface area contributed by atoms with E-state index < -0.39 is 0 Å². The fraction of sp³-hybridized carbons (Fsp3) is 0.538. The molecule has 1 unspecified atom stereocenters. The van der Waals surface area contributed by atoms with Crippen molar-refractivity contribution < 1.29 is 9.59 Å². The highest BCUT2D eigenvalue weighted by Crippen LogP contribution is 2.29. The lowest BCUT2D eigenvalue weighted by Gasteiger charge is -2.31. The number of likely N-dealkylation sites (tertiary alicyclic amines) is 1. The smallest absolute Gasteiger partial charge is 0.264 e. The zero-order valence-electron chi connectivity index (χ0n) is 10.5. The molecule has 1 amide bonds. The first-order valence-electron chi connectivity index (χ1n) is 6.10. The monoisotopic (exact) mass is 329 g/mol. The Labute approximate surface area is 119 Å². The van der Waals surface area contributed by atoms with Crippen LogP contribution in [0.15, 0.2) is 9.85 Å². The highest BCUT2D eigenvalue weighted by atomic mass is 79.9. The molecule has 0 saturated carbocycles. The molecule has 0 N–H and O–H groups in total. The Hall–Kier alpha value is -0.680. The summed E-state index contributed by atoms with van der Waals surface area (Å²) in [6.45, 7) is 5.11. The summed E-state index contributed by atoms with van der Waals surface area (Å²) in [7, 11) is 0. The van der Waals surface area contributed by atoms with Crippen LogP contribution in [0.5, 0.6) is 0 Å². The highest BCUT2D eigenvalue weighted by Gasteiger charge is 2.29. The first-order valence-corrected chi connectivity index (χ1v) is 7.71. The number of carbonyl (C=O) groups is 2. The lowest BCUT2D eigenvalue weighted by atomic mass is 9.94. The van der Waals surface area contributed by atoms with Crippen molar-refractivity contribution >= 4 is 39.0 Å². The van der Waals surface area contributed by atoms with Gasteiger partial charge in [-0.1, -0.05) is 6.92 Å². The second-order valence-corrected chi connectivity index (χ2v) is 7.01. The third-order valence-electron chi connectivity index (χ3n) is 3.37. The van der Waals surface area contributed by atoms with E-state index in [1.807, 2.05) is 24.8 Å². The van der Waals surface area contributed by atoms with E-state index in [1.54, 1.807) is 0 Å². The SMILES string of the molecule is CCC1CN(C(=O)c2cc(C)c(Br)s2)CCC1=O. The normalized spacial score (nSPS) is 20.3. The van der Waals surface area contributed by atoms with Gasteiger partial charge >= 0.3 is 0 Å². The summed E-state index contributed by atoms with van der Waals surface area (Å²) >= 11 is 4.90. The second-order valence-electron chi connectivity index (χ2n) is 4.64. The zero-order chi connectivity index (χ0) is 13.3. The maximum Gasteiger partial charge on any atom is 0.264 e. The number of ketones is 1. The van der Waals surface area contributed by atoms with Gasteiger partial charge in [0.2, 0.25) is 0 Å². The molecule has 0 aromatic carbocycles. The summed E-state index contributed by atoms with van der Waals surface area (Å²) in [4.78, 5) is 26.5. The molecule has 0 radical (unpaired) electrons. The Morgan fingerprint density at radius 3 is 2.89 bits per heavy atom. The topological polar surface area (TPSA) is 37.4 Å². The van der Waals surface area contributed by atoms with E-state index in [4.69, 9.17) is 0 Å². The standard InChI is InChI=1S/C13H16BrNO2S/c1-3-9-7-15(5-4-10(9)16)13(17)11-6-8(2)12(14)18-11/h6,9H,3-5,7H2,1-2H3. The van der Waals surface area contributed by atoms with Gasteiger partial charge in [0.25, 0.3) is 5.91 Å². The van der Waals surface area contributed by atoms with Crippen LogP contribution in [0.2, 0.25) is 0 Å². The molecule has 1 aliphatic heterocycles. The van der Waals surface area contributed by atoms with Crippen LogP contribution < -0.4 is 0 Å². The number of hydrogen-bond acceptors (Lipinski definition) is 3. The second kappa shape index (κ2) is 5.53. The van der Waals surface area contributed by atoms with Gasteiger partial charge in [0, 0.05) is 25.4 Å². The van der Waals surface area contributed by atoms with Crippen LogP contribution in [0.3, 0.4) is 0 Å². The third kappa shape index (κ3) is 2.67. The third-order valence-corrected chi connectivity index (χ3v) is 5.50. The summed E-state index contributed by atoms with van der Waals surface area (Å²) in [5.41, 5.74) is 1.09. The van der Waals surface area contributed by atoms with Crippen molar-refractivity contribution in [3.8, 4) is 0 Å². The molecule has 5 heteroatoms. The van der Waals surface area contributed by atoms with Crippen molar-refractivity contribution in [2.24, 2.45) is 5.92 Å². The highest BCUT2D eigenvalue weighted by molar-refractivity contribution is 9.11. The van der Waals surface area contributed by atoms with Crippen molar-refractivity contribution in [1.82, 2.24) is 4.90 Å². The fourth-order valence-corrected chi connectivity index (χ4v) is 3.67. The number of nitrogens with zero attached hydrogens (tertiary/aromatic N) is 1. The van der Waals surface area contributed by atoms with Crippen LogP contribution in [-0.4, -0.2) is 29.7 Å². The number of Topliss-reactive ketones (excluding diaryl/α,β-unsaturated/α-hetero) is 1. The van der Waals surface area contributed by atoms with Crippen molar-refractivity contribution in [3.05, 3.63) is 20.3 Å². The van der Waals surface area contributed by atoms with Gasteiger partial charge in [0.1, 0.15) is 5.78 Å². The fourth-order valence-electron chi connectivity index (χ4n) is 2.17. The predicted molar refractivity (Wildman–Crippen MR) is 76.1 cm³/mol. The van der Waals surface area contributed by atoms with Crippen LogP contribution in [0.25, 0.3) is 0 Å². The van der Waals surface area contributed by atoms with E-state index >= 15 is 0 Å². The number of hydrogen-bond donors (Lipinski definition) is 0. The number of carbonyl (C=O) groups excluding carboxylic acids is 2. The molecule has 1 aromatic heterocycles. The molecule has 18 heavy (non-hydrogen) atoms. The first kappa shape index (κ1) is 13.7. The summed E-state index contributed by atoms with van der Waals surface area (Å²) < 4.78 is 1.01. The van der Waals surface area contributed by atoms with E-state index in [0.29, 0.717) is 25.3 Å². The summed E-state index contributed by atoms with van der Waals surface area (Å²) in [6, 6.07) is 1.91. The molecule has 1 saturated heterocycles. The van der Waals surface area contributed by atoms with Gasteiger partial charge in [-0.2, -0.15) is 0 Å². The van der Waals surface area contributed by atoms with Crippen molar-refractivity contribution in [2.75, 3.05) is 13.1 Å². The number of rotatable bonds is 2. The van der Waals surface area contributed by atoms with E-state index in [0.717, 1.165) is 20.6 Å². The van der Waals surface area contributed by atoms with Crippen LogP contribution >= 0.6 is 27.3 Å². The van der Waals surface area contributed by atoms with Gasteiger partial charge in [-0.25, -0.2) is 0 Å². The minimum absolute atomic E-state index is 0.0206. The zero-order valence-corrected chi connectivity index (χ0v) is 12.9. The number of halogens is 1. The van der Waals surface area contributed by atoms with E-state index in [9.17, 15) is 9.59 Å². The Bertz CT molecular complexity index is 464. The molecule has 3 nitrogen and oxygen atoms in total. The van der Waals surface area contributed by atoms with E-state index in [2.05, 4.69) is 15.9 Å².